The van der Waals surface area contributed by atoms with Crippen LogP contribution < -0.4 is 11.1 Å². The van der Waals surface area contributed by atoms with Crippen molar-refractivity contribution in [2.24, 2.45) is 11.7 Å². The number of rotatable bonds is 4. The zero-order chi connectivity index (χ0) is 12.1. The van der Waals surface area contributed by atoms with Gasteiger partial charge in [0.1, 0.15) is 5.60 Å². The molecule has 0 saturated carbocycles. The molecule has 4 heteroatoms. The van der Waals surface area contributed by atoms with Crippen molar-refractivity contribution in [2.45, 2.75) is 52.7 Å². The van der Waals surface area contributed by atoms with Gasteiger partial charge in [-0.25, -0.2) is 4.79 Å². The molecule has 1 amide bonds. The molecule has 0 aliphatic heterocycles. The van der Waals surface area contributed by atoms with Crippen LogP contribution in [0.1, 0.15) is 41.0 Å². The topological polar surface area (TPSA) is 64.3 Å². The standard InChI is InChI=1S/C11H24N2O2/c1-6-8(2)9(12)7-13-10(14)15-11(3,4)5/h8-9H,6-7,12H2,1-5H3,(H,13,14)/t8?,9-/m1/s1. The molecule has 3 N–H and O–H groups in total. The summed E-state index contributed by atoms with van der Waals surface area (Å²) in [6, 6.07) is -0.0116. The normalized spacial score (nSPS) is 15.6. The fourth-order valence-electron chi connectivity index (χ4n) is 1.02. The van der Waals surface area contributed by atoms with Crippen LogP contribution in [0.25, 0.3) is 0 Å². The third-order valence-corrected chi connectivity index (χ3v) is 2.26. The van der Waals surface area contributed by atoms with E-state index in [1.807, 2.05) is 20.8 Å². The van der Waals surface area contributed by atoms with Crippen LogP contribution in [-0.2, 0) is 4.74 Å². The van der Waals surface area contributed by atoms with Crippen LogP contribution in [-0.4, -0.2) is 24.3 Å². The third kappa shape index (κ3) is 7.19. The first-order chi connectivity index (χ1) is 6.76. The average molecular weight is 216 g/mol. The number of amides is 1. The number of hydrogen-bond donors (Lipinski definition) is 2. The Morgan fingerprint density at radius 1 is 1.47 bits per heavy atom. The summed E-state index contributed by atoms with van der Waals surface area (Å²) in [5.74, 6) is 0.403. The van der Waals surface area contributed by atoms with Crippen molar-refractivity contribution in [1.29, 1.82) is 0 Å². The van der Waals surface area contributed by atoms with Crippen molar-refractivity contribution in [3.8, 4) is 0 Å². The van der Waals surface area contributed by atoms with E-state index in [0.717, 1.165) is 6.42 Å². The second-order valence-corrected chi connectivity index (χ2v) is 4.93. The van der Waals surface area contributed by atoms with Gasteiger partial charge in [0.25, 0.3) is 0 Å². The molecule has 0 aromatic heterocycles. The van der Waals surface area contributed by atoms with E-state index in [0.29, 0.717) is 12.5 Å². The van der Waals surface area contributed by atoms with Gasteiger partial charge >= 0.3 is 6.09 Å². The van der Waals surface area contributed by atoms with Crippen LogP contribution in [0.15, 0.2) is 0 Å². The van der Waals surface area contributed by atoms with Crippen LogP contribution in [0.4, 0.5) is 4.79 Å². The molecule has 1 unspecified atom stereocenters. The fraction of sp³-hybridized carbons (Fsp3) is 0.909. The van der Waals surface area contributed by atoms with Gasteiger partial charge in [0.15, 0.2) is 0 Å². The number of alkyl carbamates (subject to hydrolysis) is 1. The Bertz CT molecular complexity index is 199. The van der Waals surface area contributed by atoms with Crippen LogP contribution in [0, 0.1) is 5.92 Å². The van der Waals surface area contributed by atoms with Gasteiger partial charge in [-0.15, -0.1) is 0 Å². The molecular formula is C11H24N2O2. The maximum atomic E-state index is 11.3. The lowest BCUT2D eigenvalue weighted by Crippen LogP contribution is -2.42. The van der Waals surface area contributed by atoms with E-state index >= 15 is 0 Å². The quantitative estimate of drug-likeness (QED) is 0.754. The van der Waals surface area contributed by atoms with E-state index in [-0.39, 0.29) is 6.04 Å². The van der Waals surface area contributed by atoms with Crippen LogP contribution in [0.5, 0.6) is 0 Å². The summed E-state index contributed by atoms with van der Waals surface area (Å²) in [6.45, 7) is 10.1. The van der Waals surface area contributed by atoms with Gasteiger partial charge in [-0.3, -0.25) is 0 Å². The van der Waals surface area contributed by atoms with Gasteiger partial charge in [0, 0.05) is 12.6 Å². The molecule has 0 spiro atoms. The average Bonchev–Trinajstić information content (AvgIpc) is 2.10. The first kappa shape index (κ1) is 14.2. The number of hydrogen-bond acceptors (Lipinski definition) is 3. The summed E-state index contributed by atoms with van der Waals surface area (Å²) < 4.78 is 5.10. The first-order valence-corrected chi connectivity index (χ1v) is 5.48. The number of nitrogens with two attached hydrogens (primary N) is 1. The molecule has 2 atom stereocenters. The minimum Gasteiger partial charge on any atom is -0.444 e. The van der Waals surface area contributed by atoms with Crippen molar-refractivity contribution >= 4 is 6.09 Å². The summed E-state index contributed by atoms with van der Waals surface area (Å²) in [6.07, 6.45) is 0.609. The lowest BCUT2D eigenvalue weighted by molar-refractivity contribution is 0.0521. The number of carbonyl (C=O) groups excluding carboxylic acids is 1. The molecule has 0 fully saturated rings. The molecular weight excluding hydrogens is 192 g/mol. The zero-order valence-electron chi connectivity index (χ0n) is 10.5. The van der Waals surface area contributed by atoms with Gasteiger partial charge in [0.05, 0.1) is 0 Å². The molecule has 0 aliphatic carbocycles. The largest absolute Gasteiger partial charge is 0.444 e. The van der Waals surface area contributed by atoms with Crippen molar-refractivity contribution in [3.63, 3.8) is 0 Å². The van der Waals surface area contributed by atoms with E-state index in [9.17, 15) is 4.79 Å². The highest BCUT2D eigenvalue weighted by Gasteiger charge is 2.17. The van der Waals surface area contributed by atoms with Crippen LogP contribution in [0.3, 0.4) is 0 Å². The predicted octanol–water partition coefficient (Wildman–Crippen LogP) is 1.88. The molecule has 15 heavy (non-hydrogen) atoms. The van der Waals surface area contributed by atoms with Crippen molar-refractivity contribution in [1.82, 2.24) is 5.32 Å². The summed E-state index contributed by atoms with van der Waals surface area (Å²) in [5, 5.41) is 2.67. The van der Waals surface area contributed by atoms with Gasteiger partial charge in [-0.05, 0) is 26.7 Å². The first-order valence-electron chi connectivity index (χ1n) is 5.48. The molecule has 0 aliphatic rings. The van der Waals surface area contributed by atoms with Crippen molar-refractivity contribution < 1.29 is 9.53 Å². The maximum Gasteiger partial charge on any atom is 0.407 e. The Morgan fingerprint density at radius 2 is 2.00 bits per heavy atom. The van der Waals surface area contributed by atoms with Gasteiger partial charge < -0.3 is 15.8 Å². The molecule has 4 nitrogen and oxygen atoms in total. The molecule has 0 aromatic carbocycles. The van der Waals surface area contributed by atoms with Gasteiger partial charge in [-0.2, -0.15) is 0 Å². The Hall–Kier alpha value is -0.770. The lowest BCUT2D eigenvalue weighted by atomic mass is 10.0. The summed E-state index contributed by atoms with van der Waals surface area (Å²) in [4.78, 5) is 11.3. The third-order valence-electron chi connectivity index (χ3n) is 2.26. The van der Waals surface area contributed by atoms with E-state index in [4.69, 9.17) is 10.5 Å². The molecule has 0 heterocycles. The molecule has 90 valence electrons. The van der Waals surface area contributed by atoms with E-state index in [2.05, 4.69) is 19.2 Å². The maximum absolute atomic E-state index is 11.3. The molecule has 0 radical (unpaired) electrons. The smallest absolute Gasteiger partial charge is 0.407 e. The van der Waals surface area contributed by atoms with E-state index < -0.39 is 11.7 Å². The van der Waals surface area contributed by atoms with Gasteiger partial charge in [0.2, 0.25) is 0 Å². The highest BCUT2D eigenvalue weighted by atomic mass is 16.6. The monoisotopic (exact) mass is 216 g/mol. The molecule has 0 aromatic rings. The molecule has 0 rings (SSSR count). The highest BCUT2D eigenvalue weighted by Crippen LogP contribution is 2.07. The fourth-order valence-corrected chi connectivity index (χ4v) is 1.02. The summed E-state index contributed by atoms with van der Waals surface area (Å²) >= 11 is 0. The Balaban J connectivity index is 3.81. The van der Waals surface area contributed by atoms with E-state index in [1.54, 1.807) is 0 Å². The minimum absolute atomic E-state index is 0.0116. The van der Waals surface area contributed by atoms with Crippen molar-refractivity contribution in [3.05, 3.63) is 0 Å². The second-order valence-electron chi connectivity index (χ2n) is 4.93. The molecule has 0 saturated heterocycles. The molecule has 0 bridgehead atoms. The zero-order valence-corrected chi connectivity index (χ0v) is 10.5. The van der Waals surface area contributed by atoms with Crippen molar-refractivity contribution in [2.75, 3.05) is 6.54 Å². The summed E-state index contributed by atoms with van der Waals surface area (Å²) in [7, 11) is 0. The summed E-state index contributed by atoms with van der Waals surface area (Å²) in [5.41, 5.74) is 5.42. The number of ether oxygens (including phenoxy) is 1. The predicted molar refractivity (Wildman–Crippen MR) is 61.7 cm³/mol. The highest BCUT2D eigenvalue weighted by molar-refractivity contribution is 5.67. The Kier molecular flexibility index (Phi) is 5.65. The second kappa shape index (κ2) is 5.95. The minimum atomic E-state index is -0.454. The SMILES string of the molecule is CCC(C)[C@H](N)CNC(=O)OC(C)(C)C. The van der Waals surface area contributed by atoms with E-state index in [1.165, 1.54) is 0 Å². The lowest BCUT2D eigenvalue weighted by Gasteiger charge is -2.22. The number of nitrogens with one attached hydrogen (secondary N) is 1. The van der Waals surface area contributed by atoms with Crippen LogP contribution in [0.2, 0.25) is 0 Å². The Labute approximate surface area is 92.6 Å². The Morgan fingerprint density at radius 3 is 2.40 bits per heavy atom. The van der Waals surface area contributed by atoms with Gasteiger partial charge in [-0.1, -0.05) is 20.3 Å². The number of carbonyl (C=O) groups is 1. The van der Waals surface area contributed by atoms with Crippen LogP contribution >= 0.6 is 0 Å².